The number of rotatable bonds is 13. The molecule has 2 heterocycles. The number of nitrogens with one attached hydrogen (secondary N) is 2. The zero-order valence-corrected chi connectivity index (χ0v) is 28.7. The molecule has 3 rings (SSSR count). The summed E-state index contributed by atoms with van der Waals surface area (Å²) in [6.07, 6.45) is -7.52. The van der Waals surface area contributed by atoms with E-state index in [2.05, 4.69) is 25.6 Å². The topological polar surface area (TPSA) is 173 Å². The number of alkyl halides is 6. The number of halogens is 6. The van der Waals surface area contributed by atoms with Gasteiger partial charge in [0.1, 0.15) is 17.2 Å². The third kappa shape index (κ3) is 13.4. The van der Waals surface area contributed by atoms with Gasteiger partial charge in [-0.1, -0.05) is 18.2 Å². The fourth-order valence-electron chi connectivity index (χ4n) is 3.81. The van der Waals surface area contributed by atoms with Crippen molar-refractivity contribution in [2.45, 2.75) is 65.0 Å². The number of aliphatic carboxylic acids is 1. The molecule has 3 aromatic rings. The number of hydrogen-bond donors (Lipinski definition) is 3. The van der Waals surface area contributed by atoms with E-state index in [0.29, 0.717) is 23.0 Å². The highest BCUT2D eigenvalue weighted by Gasteiger charge is 2.38. The van der Waals surface area contributed by atoms with Gasteiger partial charge < -0.3 is 24.8 Å². The van der Waals surface area contributed by atoms with Crippen molar-refractivity contribution in [2.24, 2.45) is 0 Å². The number of pyridine rings is 1. The molecule has 0 saturated carbocycles. The molecule has 0 saturated heterocycles. The molecule has 49 heavy (non-hydrogen) atoms. The Hall–Kier alpha value is -4.00. The summed E-state index contributed by atoms with van der Waals surface area (Å²) >= 11 is 0. The first-order chi connectivity index (χ1) is 22.4. The van der Waals surface area contributed by atoms with Crippen molar-refractivity contribution in [1.82, 2.24) is 15.0 Å². The van der Waals surface area contributed by atoms with Crippen LogP contribution in [0.15, 0.2) is 48.8 Å². The minimum Gasteiger partial charge on any atom is -0.475 e. The van der Waals surface area contributed by atoms with Crippen LogP contribution in [0.1, 0.15) is 44.4 Å². The average molecular weight is 745 g/mol. The lowest BCUT2D eigenvalue weighted by Crippen LogP contribution is -2.27. The van der Waals surface area contributed by atoms with E-state index >= 15 is 0 Å². The van der Waals surface area contributed by atoms with E-state index in [0.717, 1.165) is 10.6 Å². The lowest BCUT2D eigenvalue weighted by atomic mass is 10.2. The summed E-state index contributed by atoms with van der Waals surface area (Å²) in [6, 6.07) is 9.79. The molecular weight excluding hydrogens is 709 g/mol. The van der Waals surface area contributed by atoms with Crippen LogP contribution in [0.4, 0.5) is 49.6 Å². The molecule has 0 amide bonds. The number of hydrogen-bond acceptors (Lipinski definition) is 11. The normalized spacial score (nSPS) is 12.4. The Morgan fingerprint density at radius 1 is 1.02 bits per heavy atom. The fourth-order valence-corrected chi connectivity index (χ4v) is 6.42. The molecule has 0 atom stereocenters. The molecule has 0 unspecified atom stereocenters. The minimum absolute atomic E-state index is 0.0189. The van der Waals surface area contributed by atoms with Gasteiger partial charge in [-0.3, -0.25) is 8.87 Å². The zero-order valence-electron chi connectivity index (χ0n) is 27.0. The van der Waals surface area contributed by atoms with Gasteiger partial charge >= 0.3 is 25.9 Å². The number of benzene rings is 1. The van der Waals surface area contributed by atoms with Gasteiger partial charge in [0.15, 0.2) is 0 Å². The highest BCUT2D eigenvalue weighted by molar-refractivity contribution is 7.92. The van der Waals surface area contributed by atoms with E-state index in [1.165, 1.54) is 13.2 Å². The monoisotopic (exact) mass is 744 g/mol. The molecule has 1 aromatic carbocycles. The minimum atomic E-state index is -5.08. The molecule has 0 radical (unpaired) electrons. The molecule has 272 valence electrons. The molecule has 0 fully saturated rings. The third-order valence-corrected chi connectivity index (χ3v) is 9.15. The highest BCUT2D eigenvalue weighted by Crippen LogP contribution is 2.53. The first-order valence-electron chi connectivity index (χ1n) is 14.1. The Morgan fingerprint density at radius 2 is 1.61 bits per heavy atom. The van der Waals surface area contributed by atoms with Crippen LogP contribution in [0.3, 0.4) is 0 Å². The summed E-state index contributed by atoms with van der Waals surface area (Å²) in [6.45, 7) is 6.79. The van der Waals surface area contributed by atoms with E-state index in [1.807, 2.05) is 0 Å². The van der Waals surface area contributed by atoms with Crippen molar-refractivity contribution in [3.63, 3.8) is 0 Å². The van der Waals surface area contributed by atoms with Gasteiger partial charge in [-0.25, -0.2) is 23.2 Å². The van der Waals surface area contributed by atoms with E-state index < -0.39 is 47.3 Å². The molecule has 3 N–H and O–H groups in total. The van der Waals surface area contributed by atoms with Crippen molar-refractivity contribution >= 4 is 46.9 Å². The number of sulfonamides is 1. The average Bonchev–Trinajstić information content (AvgIpc) is 2.93. The molecule has 21 heteroatoms. The number of nitrogens with zero attached hydrogens (tertiary/aromatic N) is 4. The molecular formula is C28H35F6N6O7PS. The summed E-state index contributed by atoms with van der Waals surface area (Å²) in [5.74, 6) is -3.35. The standard InChI is InChI=1S/C26H34F3N6O5PS.C2HF3O2/c1-17(2)39-41(36,40-18(3)4)16-19-9-7-11-21(13-19)33-25-32-15-22(26(27,28)29)23(34-25)31-14-20-10-8-12-30-24(20)35(5)42(6,37)38;3-2(4,5)1(6)7/h7-13,15,17-18H,14,16H2,1-6H3,(H2,31,32,33,34);(H,6,7). The van der Waals surface area contributed by atoms with Crippen LogP contribution in [0.25, 0.3) is 0 Å². The van der Waals surface area contributed by atoms with Crippen molar-refractivity contribution in [3.8, 4) is 0 Å². The summed E-state index contributed by atoms with van der Waals surface area (Å²) in [4.78, 5) is 20.8. The van der Waals surface area contributed by atoms with Gasteiger partial charge in [-0.15, -0.1) is 0 Å². The lowest BCUT2D eigenvalue weighted by molar-refractivity contribution is -0.192. The number of carboxylic acid groups (broad SMARTS) is 1. The second-order valence-electron chi connectivity index (χ2n) is 10.7. The van der Waals surface area contributed by atoms with E-state index in [-0.39, 0.29) is 36.7 Å². The van der Waals surface area contributed by atoms with Crippen molar-refractivity contribution in [1.29, 1.82) is 0 Å². The maximum atomic E-state index is 13.8. The quantitative estimate of drug-likeness (QED) is 0.123. The molecule has 0 spiro atoms. The van der Waals surface area contributed by atoms with Gasteiger partial charge in [-0.2, -0.15) is 31.3 Å². The summed E-state index contributed by atoms with van der Waals surface area (Å²) in [5, 5.41) is 12.6. The van der Waals surface area contributed by atoms with Gasteiger partial charge in [0.05, 0.1) is 24.6 Å². The van der Waals surface area contributed by atoms with Gasteiger partial charge in [0, 0.05) is 37.2 Å². The predicted octanol–water partition coefficient (Wildman–Crippen LogP) is 6.82. The van der Waals surface area contributed by atoms with Crippen LogP contribution in [-0.2, 0) is 47.3 Å². The number of carboxylic acids is 1. The molecule has 0 aliphatic carbocycles. The number of anilines is 4. The predicted molar refractivity (Wildman–Crippen MR) is 169 cm³/mol. The van der Waals surface area contributed by atoms with Crippen LogP contribution in [0, 0.1) is 0 Å². The zero-order chi connectivity index (χ0) is 37.4. The fraction of sp³-hybridized carbons (Fsp3) is 0.429. The van der Waals surface area contributed by atoms with Crippen LogP contribution in [0.2, 0.25) is 0 Å². The molecule has 0 bridgehead atoms. The summed E-state index contributed by atoms with van der Waals surface area (Å²) < 4.78 is 123. The highest BCUT2D eigenvalue weighted by atomic mass is 32.2. The van der Waals surface area contributed by atoms with E-state index in [9.17, 15) is 39.3 Å². The molecule has 13 nitrogen and oxygen atoms in total. The first-order valence-corrected chi connectivity index (χ1v) is 17.7. The van der Waals surface area contributed by atoms with Gasteiger partial charge in [0.2, 0.25) is 16.0 Å². The van der Waals surface area contributed by atoms with Crippen LogP contribution in [0.5, 0.6) is 0 Å². The van der Waals surface area contributed by atoms with Crippen LogP contribution >= 0.6 is 7.60 Å². The maximum absolute atomic E-state index is 13.8. The second-order valence-corrected chi connectivity index (χ2v) is 14.7. The van der Waals surface area contributed by atoms with Crippen molar-refractivity contribution in [3.05, 3.63) is 65.5 Å². The summed E-state index contributed by atoms with van der Waals surface area (Å²) in [7, 11) is -5.86. The molecule has 2 aromatic heterocycles. The third-order valence-electron chi connectivity index (χ3n) is 5.75. The largest absolute Gasteiger partial charge is 0.490 e. The Kier molecular flexibility index (Phi) is 14.0. The second kappa shape index (κ2) is 16.6. The first kappa shape index (κ1) is 41.2. The SMILES string of the molecule is CC(C)OP(=O)(Cc1cccc(Nc2ncc(C(F)(F)F)c(NCc3cccnc3N(C)S(C)(=O)=O)n2)c1)OC(C)C.O=C(O)C(F)(F)F. The van der Waals surface area contributed by atoms with Crippen LogP contribution < -0.4 is 14.9 Å². The Morgan fingerprint density at radius 3 is 2.12 bits per heavy atom. The smallest absolute Gasteiger partial charge is 0.475 e. The number of carbonyl (C=O) groups is 1. The van der Waals surface area contributed by atoms with E-state index in [1.54, 1.807) is 64.1 Å². The van der Waals surface area contributed by atoms with Gasteiger partial charge in [0.25, 0.3) is 0 Å². The van der Waals surface area contributed by atoms with E-state index in [4.69, 9.17) is 18.9 Å². The Balaban J connectivity index is 0.00000107. The van der Waals surface area contributed by atoms with Crippen LogP contribution in [-0.4, -0.2) is 66.1 Å². The Bertz CT molecular complexity index is 1730. The lowest BCUT2D eigenvalue weighted by Gasteiger charge is -2.23. The van der Waals surface area contributed by atoms with Crippen molar-refractivity contribution in [2.75, 3.05) is 28.2 Å². The maximum Gasteiger partial charge on any atom is 0.490 e. The van der Waals surface area contributed by atoms with Gasteiger partial charge in [-0.05, 0) is 51.5 Å². The molecule has 0 aliphatic heterocycles. The molecule has 0 aliphatic rings. The Labute approximate surface area is 278 Å². The van der Waals surface area contributed by atoms with Crippen molar-refractivity contribution < 1.29 is 58.3 Å². The summed E-state index contributed by atoms with van der Waals surface area (Å²) in [5.41, 5.74) is 0.259. The number of aromatic nitrogens is 3.